The minimum Gasteiger partial charge on any atom is -0.508 e. The van der Waals surface area contributed by atoms with Gasteiger partial charge in [-0.15, -0.1) is 0 Å². The number of hydrogen-bond acceptors (Lipinski definition) is 3. The Morgan fingerprint density at radius 2 is 1.90 bits per heavy atom. The Bertz CT molecular complexity index is 833. The van der Waals surface area contributed by atoms with E-state index in [9.17, 15) is 9.90 Å². The fourth-order valence-electron chi connectivity index (χ4n) is 2.39. The third kappa shape index (κ3) is 2.36. The predicted octanol–water partition coefficient (Wildman–Crippen LogP) is 4.01. The van der Waals surface area contributed by atoms with Crippen molar-refractivity contribution in [2.75, 3.05) is 5.32 Å². The Morgan fingerprint density at radius 3 is 2.67 bits per heavy atom. The second kappa shape index (κ2) is 4.98. The molecule has 0 atom stereocenters. The van der Waals surface area contributed by atoms with Crippen LogP contribution in [0.25, 0.3) is 11.0 Å². The van der Waals surface area contributed by atoms with Gasteiger partial charge in [0.2, 0.25) is 0 Å². The fraction of sp³-hybridized carbons (Fsp3) is 0.118. The van der Waals surface area contributed by atoms with Gasteiger partial charge in [0, 0.05) is 11.1 Å². The van der Waals surface area contributed by atoms with Gasteiger partial charge in [0.25, 0.3) is 5.91 Å². The molecule has 2 N–H and O–H groups in total. The van der Waals surface area contributed by atoms with Gasteiger partial charge < -0.3 is 14.8 Å². The number of phenols is 1. The summed E-state index contributed by atoms with van der Waals surface area (Å²) in [5.74, 6) is 0.390. The van der Waals surface area contributed by atoms with E-state index in [0.29, 0.717) is 22.3 Å². The molecule has 0 aliphatic carbocycles. The molecule has 1 aromatic heterocycles. The number of aryl methyl sites for hydroxylation is 2. The Labute approximate surface area is 122 Å². The lowest BCUT2D eigenvalue weighted by atomic mass is 10.1. The quantitative estimate of drug-likeness (QED) is 0.746. The standard InChI is InChI=1S/C17H15NO3/c1-10-5-3-4-6-14(10)18-17(20)16-11(2)21-15-8-7-12(19)9-13(15)16/h3-9,19H,1-2H3,(H,18,20). The van der Waals surface area contributed by atoms with Crippen molar-refractivity contribution in [3.8, 4) is 5.75 Å². The highest BCUT2D eigenvalue weighted by Crippen LogP contribution is 2.29. The van der Waals surface area contributed by atoms with E-state index in [1.54, 1.807) is 19.1 Å². The Hall–Kier alpha value is -2.75. The molecule has 0 fully saturated rings. The number of carbonyl (C=O) groups excluding carboxylic acids is 1. The van der Waals surface area contributed by atoms with Gasteiger partial charge in [0.1, 0.15) is 17.1 Å². The second-order valence-electron chi connectivity index (χ2n) is 4.98. The minimum atomic E-state index is -0.244. The number of phenolic OH excluding ortho intramolecular Hbond substituents is 1. The summed E-state index contributed by atoms with van der Waals surface area (Å²) in [5, 5.41) is 13.1. The number of fused-ring (bicyclic) bond motifs is 1. The third-order valence-electron chi connectivity index (χ3n) is 3.47. The highest BCUT2D eigenvalue weighted by molar-refractivity contribution is 6.13. The lowest BCUT2D eigenvalue weighted by Crippen LogP contribution is -2.13. The van der Waals surface area contributed by atoms with Gasteiger partial charge in [-0.1, -0.05) is 18.2 Å². The van der Waals surface area contributed by atoms with Gasteiger partial charge in [-0.25, -0.2) is 0 Å². The first-order valence-electron chi connectivity index (χ1n) is 6.65. The predicted molar refractivity (Wildman–Crippen MR) is 81.7 cm³/mol. The van der Waals surface area contributed by atoms with E-state index < -0.39 is 0 Å². The number of carbonyl (C=O) groups is 1. The molecule has 0 bridgehead atoms. The highest BCUT2D eigenvalue weighted by Gasteiger charge is 2.19. The molecule has 1 heterocycles. The zero-order valence-electron chi connectivity index (χ0n) is 11.8. The summed E-state index contributed by atoms with van der Waals surface area (Å²) < 4.78 is 5.57. The van der Waals surface area contributed by atoms with E-state index in [0.717, 1.165) is 11.3 Å². The number of benzene rings is 2. The van der Waals surface area contributed by atoms with Crippen molar-refractivity contribution in [2.45, 2.75) is 13.8 Å². The van der Waals surface area contributed by atoms with Crippen LogP contribution in [0.15, 0.2) is 46.9 Å². The number of furan rings is 1. The van der Waals surface area contributed by atoms with Crippen LogP contribution in [0.4, 0.5) is 5.69 Å². The molecule has 0 aliphatic heterocycles. The van der Waals surface area contributed by atoms with E-state index in [4.69, 9.17) is 4.42 Å². The molecule has 4 heteroatoms. The van der Waals surface area contributed by atoms with Crippen LogP contribution in [0.5, 0.6) is 5.75 Å². The summed E-state index contributed by atoms with van der Waals surface area (Å²) >= 11 is 0. The Morgan fingerprint density at radius 1 is 1.14 bits per heavy atom. The van der Waals surface area contributed by atoms with Crippen LogP contribution in [0.1, 0.15) is 21.7 Å². The normalized spacial score (nSPS) is 10.8. The first kappa shape index (κ1) is 13.2. The number of rotatable bonds is 2. The van der Waals surface area contributed by atoms with Crippen molar-refractivity contribution in [2.24, 2.45) is 0 Å². The summed E-state index contributed by atoms with van der Waals surface area (Å²) in [6, 6.07) is 12.3. The maximum absolute atomic E-state index is 12.5. The van der Waals surface area contributed by atoms with Gasteiger partial charge in [0.15, 0.2) is 0 Å². The van der Waals surface area contributed by atoms with Crippen molar-refractivity contribution in [1.29, 1.82) is 0 Å². The van der Waals surface area contributed by atoms with Gasteiger partial charge >= 0.3 is 0 Å². The molecule has 0 unspecified atom stereocenters. The number of anilines is 1. The van der Waals surface area contributed by atoms with Crippen LogP contribution >= 0.6 is 0 Å². The molecule has 0 aliphatic rings. The molecule has 0 spiro atoms. The SMILES string of the molecule is Cc1ccccc1NC(=O)c1c(C)oc2ccc(O)cc12. The van der Waals surface area contributed by atoms with Crippen LogP contribution in [-0.2, 0) is 0 Å². The second-order valence-corrected chi connectivity index (χ2v) is 4.98. The van der Waals surface area contributed by atoms with E-state index in [1.165, 1.54) is 6.07 Å². The van der Waals surface area contributed by atoms with E-state index in [1.807, 2.05) is 31.2 Å². The van der Waals surface area contributed by atoms with Gasteiger partial charge in [-0.05, 0) is 43.7 Å². The Balaban J connectivity index is 2.04. The van der Waals surface area contributed by atoms with Crippen molar-refractivity contribution in [3.63, 3.8) is 0 Å². The van der Waals surface area contributed by atoms with Gasteiger partial charge in [-0.2, -0.15) is 0 Å². The summed E-state index contributed by atoms with van der Waals surface area (Å²) in [5.41, 5.74) is 2.78. The lowest BCUT2D eigenvalue weighted by molar-refractivity contribution is 0.102. The molecule has 0 saturated carbocycles. The number of aromatic hydroxyl groups is 1. The molecule has 4 nitrogen and oxygen atoms in total. The van der Waals surface area contributed by atoms with E-state index in [2.05, 4.69) is 5.32 Å². The highest BCUT2D eigenvalue weighted by atomic mass is 16.3. The zero-order valence-corrected chi connectivity index (χ0v) is 11.8. The van der Waals surface area contributed by atoms with Gasteiger partial charge in [-0.3, -0.25) is 4.79 Å². The smallest absolute Gasteiger partial charge is 0.259 e. The maximum Gasteiger partial charge on any atom is 0.259 e. The van der Waals surface area contributed by atoms with Crippen LogP contribution in [0.3, 0.4) is 0 Å². The summed E-state index contributed by atoms with van der Waals surface area (Å²) in [6.07, 6.45) is 0. The molecular formula is C17H15NO3. The molecule has 106 valence electrons. The van der Waals surface area contributed by atoms with Crippen LogP contribution in [0.2, 0.25) is 0 Å². The van der Waals surface area contributed by atoms with Crippen molar-refractivity contribution >= 4 is 22.6 Å². The number of amides is 1. The average molecular weight is 281 g/mol. The maximum atomic E-state index is 12.5. The van der Waals surface area contributed by atoms with Crippen molar-refractivity contribution < 1.29 is 14.3 Å². The van der Waals surface area contributed by atoms with Crippen molar-refractivity contribution in [1.82, 2.24) is 0 Å². The molecular weight excluding hydrogens is 266 g/mol. The molecule has 21 heavy (non-hydrogen) atoms. The van der Waals surface area contributed by atoms with Crippen LogP contribution < -0.4 is 5.32 Å². The summed E-state index contributed by atoms with van der Waals surface area (Å²) in [7, 11) is 0. The third-order valence-corrected chi connectivity index (χ3v) is 3.47. The zero-order chi connectivity index (χ0) is 15.0. The van der Waals surface area contributed by atoms with Gasteiger partial charge in [0.05, 0.1) is 5.56 Å². The molecule has 1 amide bonds. The van der Waals surface area contributed by atoms with E-state index in [-0.39, 0.29) is 11.7 Å². The van der Waals surface area contributed by atoms with Crippen LogP contribution in [0, 0.1) is 13.8 Å². The molecule has 3 rings (SSSR count). The minimum absolute atomic E-state index is 0.105. The lowest BCUT2D eigenvalue weighted by Gasteiger charge is -2.07. The van der Waals surface area contributed by atoms with Crippen molar-refractivity contribution in [3.05, 3.63) is 59.4 Å². The first-order valence-corrected chi connectivity index (χ1v) is 6.65. The summed E-state index contributed by atoms with van der Waals surface area (Å²) in [6.45, 7) is 3.67. The molecule has 0 radical (unpaired) electrons. The van der Waals surface area contributed by atoms with Crippen LogP contribution in [-0.4, -0.2) is 11.0 Å². The molecule has 0 saturated heterocycles. The number of nitrogens with one attached hydrogen (secondary N) is 1. The fourth-order valence-corrected chi connectivity index (χ4v) is 2.39. The monoisotopic (exact) mass is 281 g/mol. The Kier molecular flexibility index (Phi) is 3.14. The van der Waals surface area contributed by atoms with E-state index >= 15 is 0 Å². The first-order chi connectivity index (χ1) is 10.1. The molecule has 3 aromatic rings. The summed E-state index contributed by atoms with van der Waals surface area (Å²) in [4.78, 5) is 12.5. The molecule has 2 aromatic carbocycles. The topological polar surface area (TPSA) is 62.5 Å². The average Bonchev–Trinajstić information content (AvgIpc) is 2.76. The number of para-hydroxylation sites is 1. The number of hydrogen-bond donors (Lipinski definition) is 2. The largest absolute Gasteiger partial charge is 0.508 e.